The molecule has 25 heavy (non-hydrogen) atoms. The highest BCUT2D eigenvalue weighted by atomic mass is 35.5. The first-order valence-corrected chi connectivity index (χ1v) is 9.00. The maximum Gasteiger partial charge on any atom is 0.259 e. The van der Waals surface area contributed by atoms with Gasteiger partial charge in [-0.25, -0.2) is 0 Å². The normalized spacial score (nSPS) is 16.9. The maximum atomic E-state index is 13.0. The van der Waals surface area contributed by atoms with E-state index in [2.05, 4.69) is 5.32 Å². The van der Waals surface area contributed by atoms with Gasteiger partial charge in [0.2, 0.25) is 0 Å². The van der Waals surface area contributed by atoms with Crippen molar-refractivity contribution < 1.29 is 9.53 Å². The standard InChI is InChI=1S/C19H20Cl2N2O2/c1-22-11-13-9-10-23(12-13)19(24)18-15(21)6-4-8-17(18)25-16-7-3-2-5-14(16)20/h2-8,13,22H,9-12H2,1H3. The summed E-state index contributed by atoms with van der Waals surface area (Å²) in [4.78, 5) is 14.9. The molecule has 1 unspecified atom stereocenters. The van der Waals surface area contributed by atoms with Crippen LogP contribution in [0, 0.1) is 5.92 Å². The molecule has 2 aromatic carbocycles. The van der Waals surface area contributed by atoms with Crippen LogP contribution < -0.4 is 10.1 Å². The van der Waals surface area contributed by atoms with Crippen molar-refractivity contribution in [3.63, 3.8) is 0 Å². The molecule has 1 atom stereocenters. The Hall–Kier alpha value is -1.75. The zero-order valence-electron chi connectivity index (χ0n) is 14.0. The fraction of sp³-hybridized carbons (Fsp3) is 0.316. The van der Waals surface area contributed by atoms with Gasteiger partial charge in [-0.3, -0.25) is 4.79 Å². The van der Waals surface area contributed by atoms with Gasteiger partial charge in [0.15, 0.2) is 0 Å². The SMILES string of the molecule is CNCC1CCN(C(=O)c2c(Cl)cccc2Oc2ccccc2Cl)C1. The van der Waals surface area contributed by atoms with E-state index < -0.39 is 0 Å². The third-order valence-corrected chi connectivity index (χ3v) is 4.94. The molecule has 3 rings (SSSR count). The lowest BCUT2D eigenvalue weighted by Gasteiger charge is -2.20. The molecule has 0 bridgehead atoms. The van der Waals surface area contributed by atoms with Gasteiger partial charge in [0.05, 0.1) is 10.0 Å². The Morgan fingerprint density at radius 1 is 1.16 bits per heavy atom. The highest BCUT2D eigenvalue weighted by Gasteiger charge is 2.29. The van der Waals surface area contributed by atoms with Crippen molar-refractivity contribution in [2.24, 2.45) is 5.92 Å². The van der Waals surface area contributed by atoms with Gasteiger partial charge in [-0.05, 0) is 50.2 Å². The predicted octanol–water partition coefficient (Wildman–Crippen LogP) is 4.47. The molecule has 6 heteroatoms. The van der Waals surface area contributed by atoms with Gasteiger partial charge in [-0.2, -0.15) is 0 Å². The molecule has 1 fully saturated rings. The Morgan fingerprint density at radius 2 is 1.88 bits per heavy atom. The van der Waals surface area contributed by atoms with Gasteiger partial charge >= 0.3 is 0 Å². The van der Waals surface area contributed by atoms with E-state index in [9.17, 15) is 4.79 Å². The van der Waals surface area contributed by atoms with E-state index in [1.807, 2.05) is 24.1 Å². The second-order valence-corrected chi connectivity index (χ2v) is 6.92. The molecule has 2 aromatic rings. The number of rotatable bonds is 5. The van der Waals surface area contributed by atoms with Crippen LogP contribution in [0.5, 0.6) is 11.5 Å². The summed E-state index contributed by atoms with van der Waals surface area (Å²) in [5.74, 6) is 1.27. The lowest BCUT2D eigenvalue weighted by Crippen LogP contribution is -2.30. The van der Waals surface area contributed by atoms with Crippen molar-refractivity contribution in [3.05, 3.63) is 58.1 Å². The topological polar surface area (TPSA) is 41.6 Å². The van der Waals surface area contributed by atoms with Gasteiger partial charge in [-0.15, -0.1) is 0 Å². The second-order valence-electron chi connectivity index (χ2n) is 6.11. The molecule has 1 saturated heterocycles. The second kappa shape index (κ2) is 8.09. The zero-order valence-corrected chi connectivity index (χ0v) is 15.5. The minimum atomic E-state index is -0.105. The summed E-state index contributed by atoms with van der Waals surface area (Å²) in [6.45, 7) is 2.34. The van der Waals surface area contributed by atoms with Crippen LogP contribution in [0.15, 0.2) is 42.5 Å². The summed E-state index contributed by atoms with van der Waals surface area (Å²) < 4.78 is 5.90. The van der Waals surface area contributed by atoms with Crippen molar-refractivity contribution in [2.75, 3.05) is 26.7 Å². The number of benzene rings is 2. The van der Waals surface area contributed by atoms with Gasteiger partial charge in [-0.1, -0.05) is 41.4 Å². The van der Waals surface area contributed by atoms with E-state index in [-0.39, 0.29) is 5.91 Å². The van der Waals surface area contributed by atoms with Crippen molar-refractivity contribution in [1.82, 2.24) is 10.2 Å². The molecule has 0 aliphatic carbocycles. The number of nitrogens with one attached hydrogen (secondary N) is 1. The van der Waals surface area contributed by atoms with E-state index in [1.54, 1.807) is 30.3 Å². The fourth-order valence-electron chi connectivity index (χ4n) is 3.07. The summed E-state index contributed by atoms with van der Waals surface area (Å²) in [7, 11) is 1.92. The fourth-order valence-corrected chi connectivity index (χ4v) is 3.49. The molecule has 1 N–H and O–H groups in total. The molecule has 0 spiro atoms. The molecule has 1 aliphatic heterocycles. The molecule has 4 nitrogen and oxygen atoms in total. The third-order valence-electron chi connectivity index (χ3n) is 4.31. The summed E-state index contributed by atoms with van der Waals surface area (Å²) in [5, 5.41) is 4.03. The quantitative estimate of drug-likeness (QED) is 0.834. The van der Waals surface area contributed by atoms with Gasteiger partial charge < -0.3 is 15.0 Å². The number of ether oxygens (including phenoxy) is 1. The Morgan fingerprint density at radius 3 is 2.64 bits per heavy atom. The van der Waals surface area contributed by atoms with Crippen molar-refractivity contribution in [1.29, 1.82) is 0 Å². The average Bonchev–Trinajstić information content (AvgIpc) is 3.06. The van der Waals surface area contributed by atoms with Crippen LogP contribution in [0.3, 0.4) is 0 Å². The summed E-state index contributed by atoms with van der Waals surface area (Å²) in [6, 6.07) is 12.4. The number of hydrogen-bond acceptors (Lipinski definition) is 3. The Kier molecular flexibility index (Phi) is 5.84. The smallest absolute Gasteiger partial charge is 0.259 e. The van der Waals surface area contributed by atoms with E-state index in [1.165, 1.54) is 0 Å². The predicted molar refractivity (Wildman–Crippen MR) is 101 cm³/mol. The van der Waals surface area contributed by atoms with E-state index in [0.717, 1.165) is 26.1 Å². The van der Waals surface area contributed by atoms with Gasteiger partial charge in [0, 0.05) is 13.1 Å². The van der Waals surface area contributed by atoms with Gasteiger partial charge in [0.1, 0.15) is 17.1 Å². The molecule has 1 amide bonds. The van der Waals surface area contributed by atoms with Crippen LogP contribution in [-0.4, -0.2) is 37.5 Å². The number of para-hydroxylation sites is 1. The first-order chi connectivity index (χ1) is 12.1. The minimum Gasteiger partial charge on any atom is -0.455 e. The highest BCUT2D eigenvalue weighted by Crippen LogP contribution is 2.35. The number of halogens is 2. The van der Waals surface area contributed by atoms with Crippen LogP contribution in [0.25, 0.3) is 0 Å². The summed E-state index contributed by atoms with van der Waals surface area (Å²) >= 11 is 12.5. The molecule has 0 radical (unpaired) electrons. The van der Waals surface area contributed by atoms with Crippen LogP contribution >= 0.6 is 23.2 Å². The third kappa shape index (κ3) is 4.09. The number of amides is 1. The maximum absolute atomic E-state index is 13.0. The Labute approximate surface area is 157 Å². The summed E-state index contributed by atoms with van der Waals surface area (Å²) in [5.41, 5.74) is 0.384. The monoisotopic (exact) mass is 378 g/mol. The van der Waals surface area contributed by atoms with Crippen LogP contribution in [0.2, 0.25) is 10.0 Å². The number of carbonyl (C=O) groups excluding carboxylic acids is 1. The Bertz CT molecular complexity index is 767. The minimum absolute atomic E-state index is 0.105. The van der Waals surface area contributed by atoms with E-state index in [0.29, 0.717) is 33.0 Å². The van der Waals surface area contributed by atoms with Crippen molar-refractivity contribution >= 4 is 29.1 Å². The molecule has 0 saturated carbocycles. The first-order valence-electron chi connectivity index (χ1n) is 8.25. The van der Waals surface area contributed by atoms with Gasteiger partial charge in [0.25, 0.3) is 5.91 Å². The van der Waals surface area contributed by atoms with E-state index in [4.69, 9.17) is 27.9 Å². The molecular weight excluding hydrogens is 359 g/mol. The number of nitrogens with zero attached hydrogens (tertiary/aromatic N) is 1. The summed E-state index contributed by atoms with van der Waals surface area (Å²) in [6.07, 6.45) is 0.984. The van der Waals surface area contributed by atoms with Crippen LogP contribution in [-0.2, 0) is 0 Å². The molecule has 1 aliphatic rings. The lowest BCUT2D eigenvalue weighted by atomic mass is 10.1. The lowest BCUT2D eigenvalue weighted by molar-refractivity contribution is 0.0785. The average molecular weight is 379 g/mol. The van der Waals surface area contributed by atoms with Crippen molar-refractivity contribution in [3.8, 4) is 11.5 Å². The first kappa shape index (κ1) is 18.1. The molecule has 132 valence electrons. The highest BCUT2D eigenvalue weighted by molar-refractivity contribution is 6.34. The Balaban J connectivity index is 1.86. The number of likely N-dealkylation sites (tertiary alicyclic amines) is 1. The molecule has 1 heterocycles. The number of hydrogen-bond donors (Lipinski definition) is 1. The van der Waals surface area contributed by atoms with Crippen LogP contribution in [0.4, 0.5) is 0 Å². The number of carbonyl (C=O) groups is 1. The largest absolute Gasteiger partial charge is 0.455 e. The molecule has 0 aromatic heterocycles. The van der Waals surface area contributed by atoms with Crippen molar-refractivity contribution in [2.45, 2.75) is 6.42 Å². The molecular formula is C19H20Cl2N2O2. The zero-order chi connectivity index (χ0) is 17.8. The van der Waals surface area contributed by atoms with E-state index >= 15 is 0 Å². The van der Waals surface area contributed by atoms with Crippen LogP contribution in [0.1, 0.15) is 16.8 Å².